The van der Waals surface area contributed by atoms with Crippen LogP contribution in [-0.2, 0) is 0 Å². The second-order valence-electron chi connectivity index (χ2n) is 10.7. The molecule has 228 valence electrons. The average molecular weight is 605 g/mol. The predicted octanol–water partition coefficient (Wildman–Crippen LogP) is 9.98. The van der Waals surface area contributed by atoms with E-state index in [9.17, 15) is 9.59 Å². The molecule has 0 aliphatic carbocycles. The van der Waals surface area contributed by atoms with Gasteiger partial charge in [-0.25, -0.2) is 0 Å². The second kappa shape index (κ2) is 15.5. The molecular weight excluding hydrogens is 568 g/mol. The standard InChI is InChI=1S/2C20H18N2O/c2*1-15-11-13-17(14-12-15)22-20(23)18-9-5-6-10-19(18)21-16-7-3-2-4-8-16/h2*2-14,21H,1H3,(H,22,23). The highest BCUT2D eigenvalue weighted by molar-refractivity contribution is 6.09. The molecule has 6 aromatic carbocycles. The molecule has 0 radical (unpaired) electrons. The van der Waals surface area contributed by atoms with Crippen LogP contribution in [0.5, 0.6) is 0 Å². The lowest BCUT2D eigenvalue weighted by Gasteiger charge is -2.12. The molecule has 6 heteroatoms. The summed E-state index contributed by atoms with van der Waals surface area (Å²) < 4.78 is 0. The fourth-order valence-electron chi connectivity index (χ4n) is 4.60. The van der Waals surface area contributed by atoms with Gasteiger partial charge in [0.2, 0.25) is 0 Å². The molecule has 0 aliphatic heterocycles. The van der Waals surface area contributed by atoms with E-state index >= 15 is 0 Å². The number of carbonyl (C=O) groups excluding carboxylic acids is 2. The van der Waals surface area contributed by atoms with Gasteiger partial charge in [-0.3, -0.25) is 9.59 Å². The lowest BCUT2D eigenvalue weighted by atomic mass is 10.1. The second-order valence-corrected chi connectivity index (χ2v) is 10.7. The number of carbonyl (C=O) groups is 2. The fourth-order valence-corrected chi connectivity index (χ4v) is 4.60. The van der Waals surface area contributed by atoms with Crippen molar-refractivity contribution in [2.24, 2.45) is 0 Å². The van der Waals surface area contributed by atoms with Crippen LogP contribution in [0.15, 0.2) is 158 Å². The minimum Gasteiger partial charge on any atom is -0.355 e. The third-order valence-corrected chi connectivity index (χ3v) is 7.07. The first-order chi connectivity index (χ1) is 22.4. The van der Waals surface area contributed by atoms with Gasteiger partial charge in [-0.05, 0) is 86.6 Å². The molecule has 0 saturated carbocycles. The number of hydrogen-bond donors (Lipinski definition) is 4. The SMILES string of the molecule is Cc1ccc(NC(=O)c2ccccc2Nc2ccccc2)cc1.Cc1ccc(NC(=O)c2ccccc2Nc2ccccc2)cc1. The number of hydrogen-bond acceptors (Lipinski definition) is 4. The smallest absolute Gasteiger partial charge is 0.257 e. The summed E-state index contributed by atoms with van der Waals surface area (Å²) in [6.45, 7) is 4.04. The Morgan fingerprint density at radius 3 is 1.07 bits per heavy atom. The number of rotatable bonds is 8. The highest BCUT2D eigenvalue weighted by atomic mass is 16.2. The Morgan fingerprint density at radius 1 is 0.370 bits per heavy atom. The van der Waals surface area contributed by atoms with E-state index in [1.54, 1.807) is 0 Å². The normalized spacial score (nSPS) is 10.1. The highest BCUT2D eigenvalue weighted by Crippen LogP contribution is 2.23. The molecular formula is C40H36N4O2. The average Bonchev–Trinajstić information content (AvgIpc) is 3.08. The Hall–Kier alpha value is -6.14. The summed E-state index contributed by atoms with van der Waals surface area (Å²) in [5.41, 5.74) is 8.57. The maximum absolute atomic E-state index is 12.6. The molecule has 6 aromatic rings. The van der Waals surface area contributed by atoms with Crippen molar-refractivity contribution in [1.29, 1.82) is 0 Å². The Balaban J connectivity index is 0.000000181. The number of aryl methyl sites for hydroxylation is 2. The van der Waals surface area contributed by atoms with Crippen molar-refractivity contribution in [3.63, 3.8) is 0 Å². The van der Waals surface area contributed by atoms with E-state index in [0.29, 0.717) is 11.1 Å². The van der Waals surface area contributed by atoms with E-state index in [2.05, 4.69) is 21.3 Å². The molecule has 0 spiro atoms. The quantitative estimate of drug-likeness (QED) is 0.139. The zero-order valence-electron chi connectivity index (χ0n) is 25.8. The Morgan fingerprint density at radius 2 is 0.696 bits per heavy atom. The van der Waals surface area contributed by atoms with Gasteiger partial charge >= 0.3 is 0 Å². The van der Waals surface area contributed by atoms with Gasteiger partial charge < -0.3 is 21.3 Å². The van der Waals surface area contributed by atoms with Crippen molar-refractivity contribution in [3.05, 3.63) is 180 Å². The molecule has 46 heavy (non-hydrogen) atoms. The first kappa shape index (κ1) is 31.3. The first-order valence-electron chi connectivity index (χ1n) is 15.0. The van der Waals surface area contributed by atoms with E-state index in [1.165, 1.54) is 0 Å². The van der Waals surface area contributed by atoms with Crippen LogP contribution in [0.25, 0.3) is 0 Å². The van der Waals surface area contributed by atoms with Gasteiger partial charge in [0.25, 0.3) is 11.8 Å². The summed E-state index contributed by atoms with van der Waals surface area (Å²) >= 11 is 0. The molecule has 6 rings (SSSR count). The predicted molar refractivity (Wildman–Crippen MR) is 191 cm³/mol. The number of anilines is 6. The zero-order chi connectivity index (χ0) is 32.1. The van der Waals surface area contributed by atoms with Gasteiger partial charge in [0.15, 0.2) is 0 Å². The molecule has 0 fully saturated rings. The summed E-state index contributed by atoms with van der Waals surface area (Å²) in [7, 11) is 0. The van der Waals surface area contributed by atoms with E-state index in [0.717, 1.165) is 45.3 Å². The van der Waals surface area contributed by atoms with Crippen molar-refractivity contribution < 1.29 is 9.59 Å². The Bertz CT molecular complexity index is 1730. The van der Waals surface area contributed by atoms with Gasteiger partial charge in [0.05, 0.1) is 22.5 Å². The highest BCUT2D eigenvalue weighted by Gasteiger charge is 2.12. The van der Waals surface area contributed by atoms with E-state index < -0.39 is 0 Å². The molecule has 2 amide bonds. The molecule has 0 saturated heterocycles. The fraction of sp³-hybridized carbons (Fsp3) is 0.0500. The number of amides is 2. The lowest BCUT2D eigenvalue weighted by molar-refractivity contribution is 0.101. The van der Waals surface area contributed by atoms with Crippen molar-refractivity contribution in [3.8, 4) is 0 Å². The summed E-state index contributed by atoms with van der Waals surface area (Å²) in [6, 6.07) is 50.1. The van der Waals surface area contributed by atoms with Crippen LogP contribution in [0.2, 0.25) is 0 Å². The van der Waals surface area contributed by atoms with Crippen molar-refractivity contribution in [1.82, 2.24) is 0 Å². The van der Waals surface area contributed by atoms with Crippen LogP contribution in [-0.4, -0.2) is 11.8 Å². The number of benzene rings is 6. The van der Waals surface area contributed by atoms with E-state index in [4.69, 9.17) is 0 Å². The topological polar surface area (TPSA) is 82.3 Å². The third-order valence-electron chi connectivity index (χ3n) is 7.07. The van der Waals surface area contributed by atoms with Gasteiger partial charge in [0, 0.05) is 22.7 Å². The summed E-state index contributed by atoms with van der Waals surface area (Å²) in [5.74, 6) is -0.263. The van der Waals surface area contributed by atoms with Crippen LogP contribution in [0.4, 0.5) is 34.1 Å². The van der Waals surface area contributed by atoms with Gasteiger partial charge in [-0.1, -0.05) is 96.1 Å². The van der Waals surface area contributed by atoms with Crippen molar-refractivity contribution in [2.45, 2.75) is 13.8 Å². The molecule has 4 N–H and O–H groups in total. The van der Waals surface area contributed by atoms with Crippen molar-refractivity contribution in [2.75, 3.05) is 21.3 Å². The van der Waals surface area contributed by atoms with Gasteiger partial charge in [-0.15, -0.1) is 0 Å². The van der Waals surface area contributed by atoms with Crippen LogP contribution in [0.1, 0.15) is 31.8 Å². The molecule has 0 unspecified atom stereocenters. The van der Waals surface area contributed by atoms with Crippen LogP contribution in [0.3, 0.4) is 0 Å². The summed E-state index contributed by atoms with van der Waals surface area (Å²) in [4.78, 5) is 25.1. The zero-order valence-corrected chi connectivity index (χ0v) is 25.8. The summed E-state index contributed by atoms with van der Waals surface area (Å²) in [5, 5.41) is 12.4. The van der Waals surface area contributed by atoms with Crippen LogP contribution >= 0.6 is 0 Å². The monoisotopic (exact) mass is 604 g/mol. The first-order valence-corrected chi connectivity index (χ1v) is 15.0. The maximum Gasteiger partial charge on any atom is 0.257 e. The Labute approximate surface area is 270 Å². The van der Waals surface area contributed by atoms with Crippen molar-refractivity contribution >= 4 is 45.9 Å². The number of nitrogens with one attached hydrogen (secondary N) is 4. The van der Waals surface area contributed by atoms with Gasteiger partial charge in [-0.2, -0.15) is 0 Å². The largest absolute Gasteiger partial charge is 0.355 e. The number of para-hydroxylation sites is 4. The van der Waals surface area contributed by atoms with Crippen LogP contribution in [0, 0.1) is 13.8 Å². The van der Waals surface area contributed by atoms with Gasteiger partial charge in [0.1, 0.15) is 0 Å². The lowest BCUT2D eigenvalue weighted by Crippen LogP contribution is -2.13. The molecule has 0 bridgehead atoms. The third kappa shape index (κ3) is 8.94. The molecule has 0 aliphatic rings. The van der Waals surface area contributed by atoms with Crippen LogP contribution < -0.4 is 21.3 Å². The maximum atomic E-state index is 12.6. The van der Waals surface area contributed by atoms with E-state index in [-0.39, 0.29) is 11.8 Å². The minimum absolute atomic E-state index is 0.132. The summed E-state index contributed by atoms with van der Waals surface area (Å²) in [6.07, 6.45) is 0. The molecule has 0 atom stereocenters. The Kier molecular flexibility index (Phi) is 10.6. The van der Waals surface area contributed by atoms with E-state index in [1.807, 2.05) is 172 Å². The molecule has 0 aromatic heterocycles. The molecule has 0 heterocycles. The molecule has 6 nitrogen and oxygen atoms in total. The minimum atomic E-state index is -0.132.